The van der Waals surface area contributed by atoms with Crippen molar-refractivity contribution < 1.29 is 9.84 Å². The second kappa shape index (κ2) is 4.91. The van der Waals surface area contributed by atoms with Gasteiger partial charge in [0.1, 0.15) is 0 Å². The summed E-state index contributed by atoms with van der Waals surface area (Å²) in [6.45, 7) is 4.16. The largest absolute Gasteiger partial charge is 0.392 e. The fourth-order valence-electron chi connectivity index (χ4n) is 2.29. The molecule has 0 radical (unpaired) electrons. The van der Waals surface area contributed by atoms with E-state index in [2.05, 4.69) is 11.0 Å². The number of hydrogen-bond acceptors (Lipinski definition) is 3. The van der Waals surface area contributed by atoms with E-state index in [9.17, 15) is 0 Å². The molecule has 2 aliphatic rings. The molecule has 80 valence electrons. The lowest BCUT2D eigenvalue weighted by Crippen LogP contribution is -2.44. The Hall–Kier alpha value is -0.380. The fourth-order valence-corrected chi connectivity index (χ4v) is 2.29. The molecule has 3 nitrogen and oxygen atoms in total. The Morgan fingerprint density at radius 1 is 1.43 bits per heavy atom. The van der Waals surface area contributed by atoms with E-state index < -0.39 is 0 Å². The van der Waals surface area contributed by atoms with Crippen LogP contribution in [0.2, 0.25) is 0 Å². The number of ether oxygens (including phenoxy) is 1. The number of morpholine rings is 1. The van der Waals surface area contributed by atoms with Crippen LogP contribution in [0.3, 0.4) is 0 Å². The molecule has 0 saturated carbocycles. The van der Waals surface area contributed by atoms with Gasteiger partial charge in [-0.25, -0.2) is 0 Å². The molecule has 0 spiro atoms. The number of aliphatic hydroxyl groups excluding tert-OH is 1. The van der Waals surface area contributed by atoms with E-state index >= 15 is 0 Å². The van der Waals surface area contributed by atoms with Gasteiger partial charge < -0.3 is 9.84 Å². The monoisotopic (exact) mass is 197 g/mol. The van der Waals surface area contributed by atoms with Crippen LogP contribution in [0.1, 0.15) is 19.3 Å². The van der Waals surface area contributed by atoms with Gasteiger partial charge in [-0.05, 0) is 24.8 Å². The summed E-state index contributed by atoms with van der Waals surface area (Å²) in [5.41, 5.74) is 1.22. The minimum absolute atomic E-state index is 0.246. The number of nitrogens with zero attached hydrogens (tertiary/aromatic N) is 1. The van der Waals surface area contributed by atoms with Crippen LogP contribution >= 0.6 is 0 Å². The van der Waals surface area contributed by atoms with Gasteiger partial charge >= 0.3 is 0 Å². The first-order valence-corrected chi connectivity index (χ1v) is 5.50. The maximum Gasteiger partial charge on any atom is 0.0641 e. The SMILES string of the molecule is OCC1=CCC(N2CCOCC2)CC1. The van der Waals surface area contributed by atoms with Crippen LogP contribution in [0.5, 0.6) is 0 Å². The zero-order valence-electron chi connectivity index (χ0n) is 8.61. The lowest BCUT2D eigenvalue weighted by Gasteiger charge is -2.36. The van der Waals surface area contributed by atoms with Crippen molar-refractivity contribution in [3.63, 3.8) is 0 Å². The van der Waals surface area contributed by atoms with Gasteiger partial charge in [-0.1, -0.05) is 6.08 Å². The van der Waals surface area contributed by atoms with E-state index in [1.807, 2.05) is 0 Å². The predicted octanol–water partition coefficient (Wildman–Crippen LogP) is 0.790. The Kier molecular flexibility index (Phi) is 3.56. The van der Waals surface area contributed by atoms with Gasteiger partial charge in [0.15, 0.2) is 0 Å². The van der Waals surface area contributed by atoms with Crippen LogP contribution in [0.15, 0.2) is 11.6 Å². The molecular weight excluding hydrogens is 178 g/mol. The Morgan fingerprint density at radius 2 is 2.21 bits per heavy atom. The Bertz CT molecular complexity index is 209. The van der Waals surface area contributed by atoms with Gasteiger partial charge in [0.05, 0.1) is 19.8 Å². The first kappa shape index (κ1) is 10.1. The predicted molar refractivity (Wildman–Crippen MR) is 55.2 cm³/mol. The average molecular weight is 197 g/mol. The zero-order chi connectivity index (χ0) is 9.80. The van der Waals surface area contributed by atoms with Crippen molar-refractivity contribution in [3.05, 3.63) is 11.6 Å². The molecule has 0 aromatic carbocycles. The second-order valence-electron chi connectivity index (χ2n) is 4.10. The van der Waals surface area contributed by atoms with E-state index in [1.54, 1.807) is 0 Å². The molecule has 1 aliphatic carbocycles. The van der Waals surface area contributed by atoms with Crippen molar-refractivity contribution in [1.82, 2.24) is 4.90 Å². The highest BCUT2D eigenvalue weighted by atomic mass is 16.5. The highest BCUT2D eigenvalue weighted by Crippen LogP contribution is 2.22. The standard InChI is InChI=1S/C11H19NO2/c13-9-10-1-3-11(4-2-10)12-5-7-14-8-6-12/h1,11,13H,2-9H2. The van der Waals surface area contributed by atoms with Crippen LogP contribution in [0.25, 0.3) is 0 Å². The van der Waals surface area contributed by atoms with Crippen molar-refractivity contribution in [2.75, 3.05) is 32.9 Å². The lowest BCUT2D eigenvalue weighted by molar-refractivity contribution is 0.0142. The zero-order valence-corrected chi connectivity index (χ0v) is 8.61. The summed E-state index contributed by atoms with van der Waals surface area (Å²) in [6, 6.07) is 0.689. The lowest BCUT2D eigenvalue weighted by atomic mass is 9.94. The maximum atomic E-state index is 8.99. The fraction of sp³-hybridized carbons (Fsp3) is 0.818. The molecule has 2 rings (SSSR count). The summed E-state index contributed by atoms with van der Waals surface area (Å²) < 4.78 is 5.34. The van der Waals surface area contributed by atoms with Crippen molar-refractivity contribution >= 4 is 0 Å². The first-order valence-electron chi connectivity index (χ1n) is 5.50. The summed E-state index contributed by atoms with van der Waals surface area (Å²) in [5, 5.41) is 8.99. The molecule has 0 bridgehead atoms. The molecule has 1 aliphatic heterocycles. The highest BCUT2D eigenvalue weighted by molar-refractivity contribution is 5.08. The van der Waals surface area contributed by atoms with Crippen LogP contribution < -0.4 is 0 Å². The van der Waals surface area contributed by atoms with Crippen LogP contribution in [-0.2, 0) is 4.74 Å². The summed E-state index contributed by atoms with van der Waals surface area (Å²) in [7, 11) is 0. The van der Waals surface area contributed by atoms with E-state index in [1.165, 1.54) is 12.0 Å². The summed E-state index contributed by atoms with van der Waals surface area (Å²) in [4.78, 5) is 2.52. The molecule has 1 N–H and O–H groups in total. The van der Waals surface area contributed by atoms with E-state index in [-0.39, 0.29) is 6.61 Å². The number of hydrogen-bond donors (Lipinski definition) is 1. The highest BCUT2D eigenvalue weighted by Gasteiger charge is 2.22. The molecule has 1 unspecified atom stereocenters. The van der Waals surface area contributed by atoms with Gasteiger partial charge in [0, 0.05) is 19.1 Å². The Labute approximate surface area is 85.4 Å². The van der Waals surface area contributed by atoms with Gasteiger partial charge in [-0.2, -0.15) is 0 Å². The molecule has 1 atom stereocenters. The average Bonchev–Trinajstić information content (AvgIpc) is 2.30. The molecule has 0 aromatic heterocycles. The van der Waals surface area contributed by atoms with E-state index in [0.717, 1.165) is 39.1 Å². The number of rotatable bonds is 2. The van der Waals surface area contributed by atoms with Crippen molar-refractivity contribution in [2.45, 2.75) is 25.3 Å². The van der Waals surface area contributed by atoms with E-state index in [4.69, 9.17) is 9.84 Å². The third kappa shape index (κ3) is 2.35. The van der Waals surface area contributed by atoms with Crippen LogP contribution in [0.4, 0.5) is 0 Å². The third-order valence-corrected chi connectivity index (χ3v) is 3.24. The molecule has 0 aromatic rings. The minimum atomic E-state index is 0.246. The molecule has 0 amide bonds. The summed E-state index contributed by atoms with van der Waals surface area (Å²) in [5.74, 6) is 0. The molecule has 1 saturated heterocycles. The Balaban J connectivity index is 1.85. The van der Waals surface area contributed by atoms with Crippen molar-refractivity contribution in [2.24, 2.45) is 0 Å². The smallest absolute Gasteiger partial charge is 0.0641 e. The second-order valence-corrected chi connectivity index (χ2v) is 4.10. The third-order valence-electron chi connectivity index (χ3n) is 3.24. The maximum absolute atomic E-state index is 8.99. The van der Waals surface area contributed by atoms with Gasteiger partial charge in [0.25, 0.3) is 0 Å². The summed E-state index contributed by atoms with van der Waals surface area (Å²) in [6.07, 6.45) is 5.59. The molecule has 1 fully saturated rings. The van der Waals surface area contributed by atoms with Crippen LogP contribution in [-0.4, -0.2) is 49.0 Å². The van der Waals surface area contributed by atoms with Gasteiger partial charge in [0.2, 0.25) is 0 Å². The van der Waals surface area contributed by atoms with E-state index in [0.29, 0.717) is 6.04 Å². The van der Waals surface area contributed by atoms with Crippen molar-refractivity contribution in [1.29, 1.82) is 0 Å². The summed E-state index contributed by atoms with van der Waals surface area (Å²) >= 11 is 0. The molecule has 14 heavy (non-hydrogen) atoms. The quantitative estimate of drug-likeness (QED) is 0.664. The molecular formula is C11H19NO2. The topological polar surface area (TPSA) is 32.7 Å². The van der Waals surface area contributed by atoms with Gasteiger partial charge in [-0.15, -0.1) is 0 Å². The van der Waals surface area contributed by atoms with Crippen molar-refractivity contribution in [3.8, 4) is 0 Å². The van der Waals surface area contributed by atoms with Gasteiger partial charge in [-0.3, -0.25) is 4.90 Å². The normalized spacial score (nSPS) is 30.1. The number of aliphatic hydroxyl groups is 1. The molecule has 3 heteroatoms. The first-order chi connectivity index (χ1) is 6.90. The van der Waals surface area contributed by atoms with Crippen LogP contribution in [0, 0.1) is 0 Å². The minimum Gasteiger partial charge on any atom is -0.392 e. The molecule has 1 heterocycles. The Morgan fingerprint density at radius 3 is 2.79 bits per heavy atom.